The van der Waals surface area contributed by atoms with Crippen molar-refractivity contribution >= 4 is 5.91 Å². The number of carbonyl (C=O) groups is 1. The quantitative estimate of drug-likeness (QED) is 0.855. The molecule has 0 spiro atoms. The van der Waals surface area contributed by atoms with Gasteiger partial charge in [0.1, 0.15) is 11.9 Å². The van der Waals surface area contributed by atoms with Crippen LogP contribution in [0.25, 0.3) is 0 Å². The summed E-state index contributed by atoms with van der Waals surface area (Å²) in [5.74, 6) is 0.963. The van der Waals surface area contributed by atoms with Crippen molar-refractivity contribution in [2.75, 3.05) is 13.1 Å². The number of pyridine rings is 1. The molecule has 0 N–H and O–H groups in total. The van der Waals surface area contributed by atoms with Crippen molar-refractivity contribution in [3.8, 4) is 5.75 Å². The maximum absolute atomic E-state index is 12.2. The summed E-state index contributed by atoms with van der Waals surface area (Å²) in [7, 11) is 0. The van der Waals surface area contributed by atoms with E-state index < -0.39 is 0 Å². The van der Waals surface area contributed by atoms with Crippen LogP contribution in [0.1, 0.15) is 23.5 Å². The van der Waals surface area contributed by atoms with Crippen LogP contribution in [-0.4, -0.2) is 45.0 Å². The summed E-state index contributed by atoms with van der Waals surface area (Å²) in [6.07, 6.45) is 8.33. The van der Waals surface area contributed by atoms with Gasteiger partial charge in [0.2, 0.25) is 5.82 Å². The van der Waals surface area contributed by atoms with Crippen molar-refractivity contribution in [3.05, 3.63) is 48.8 Å². The second-order valence-corrected chi connectivity index (χ2v) is 4.86. The molecule has 2 aromatic heterocycles. The molecule has 0 atom stereocenters. The number of rotatable bonds is 3. The molecule has 21 heavy (non-hydrogen) atoms. The number of hydrogen-bond donors (Lipinski definition) is 0. The van der Waals surface area contributed by atoms with Gasteiger partial charge in [0.05, 0.1) is 0 Å². The number of piperidine rings is 1. The van der Waals surface area contributed by atoms with Crippen LogP contribution < -0.4 is 4.74 Å². The van der Waals surface area contributed by atoms with Crippen LogP contribution in [0.15, 0.2) is 43.0 Å². The Morgan fingerprint density at radius 1 is 1.10 bits per heavy atom. The van der Waals surface area contributed by atoms with E-state index in [0.29, 0.717) is 13.1 Å². The van der Waals surface area contributed by atoms with Gasteiger partial charge in [-0.25, -0.2) is 9.97 Å². The topological polar surface area (TPSA) is 68.2 Å². The molecule has 1 fully saturated rings. The largest absolute Gasteiger partial charge is 0.490 e. The first-order valence-electron chi connectivity index (χ1n) is 6.96. The Labute approximate surface area is 122 Å². The van der Waals surface area contributed by atoms with Gasteiger partial charge in [-0.3, -0.25) is 9.78 Å². The average molecular weight is 284 g/mol. The van der Waals surface area contributed by atoms with Gasteiger partial charge in [-0.15, -0.1) is 0 Å². The highest BCUT2D eigenvalue weighted by Crippen LogP contribution is 2.18. The van der Waals surface area contributed by atoms with Crippen LogP contribution in [0.5, 0.6) is 5.75 Å². The molecule has 1 aliphatic heterocycles. The number of carbonyl (C=O) groups excluding carboxylic acids is 1. The van der Waals surface area contributed by atoms with Crippen LogP contribution in [0.2, 0.25) is 0 Å². The Hall–Kier alpha value is -2.50. The van der Waals surface area contributed by atoms with Gasteiger partial charge in [-0.05, 0) is 18.2 Å². The van der Waals surface area contributed by atoms with Crippen molar-refractivity contribution in [1.29, 1.82) is 0 Å². The molecule has 1 saturated heterocycles. The lowest BCUT2D eigenvalue weighted by molar-refractivity contribution is 0.0584. The van der Waals surface area contributed by atoms with Gasteiger partial charge < -0.3 is 9.64 Å². The maximum Gasteiger partial charge on any atom is 0.291 e. The number of nitrogens with zero attached hydrogens (tertiary/aromatic N) is 4. The van der Waals surface area contributed by atoms with Crippen LogP contribution in [0, 0.1) is 0 Å². The van der Waals surface area contributed by atoms with Crippen molar-refractivity contribution in [1.82, 2.24) is 19.9 Å². The maximum atomic E-state index is 12.2. The van der Waals surface area contributed by atoms with Crippen molar-refractivity contribution < 1.29 is 9.53 Å². The molecule has 0 aliphatic carbocycles. The molecule has 1 aliphatic rings. The standard InChI is InChI=1S/C15H16N4O2/c20-15(14-17-6-1-7-18-14)19-10-4-13(5-11-19)21-12-2-8-16-9-3-12/h1-3,6-9,13H,4-5,10-11H2. The number of aromatic nitrogens is 3. The summed E-state index contributed by atoms with van der Waals surface area (Å²) in [4.78, 5) is 26.0. The van der Waals surface area contributed by atoms with E-state index in [1.54, 1.807) is 35.8 Å². The van der Waals surface area contributed by atoms with Crippen LogP contribution in [0.3, 0.4) is 0 Å². The highest BCUT2D eigenvalue weighted by atomic mass is 16.5. The Balaban J connectivity index is 1.54. The average Bonchev–Trinajstić information content (AvgIpc) is 2.57. The molecule has 0 aromatic carbocycles. The molecule has 1 amide bonds. The monoisotopic (exact) mass is 284 g/mol. The van der Waals surface area contributed by atoms with E-state index in [2.05, 4.69) is 15.0 Å². The van der Waals surface area contributed by atoms with Crippen molar-refractivity contribution in [2.24, 2.45) is 0 Å². The summed E-state index contributed by atoms with van der Waals surface area (Å²) in [5, 5.41) is 0. The van der Waals surface area contributed by atoms with E-state index in [9.17, 15) is 4.79 Å². The molecule has 2 aromatic rings. The van der Waals surface area contributed by atoms with E-state index in [-0.39, 0.29) is 17.8 Å². The molecule has 0 saturated carbocycles. The second kappa shape index (κ2) is 6.30. The van der Waals surface area contributed by atoms with Gasteiger partial charge in [0.25, 0.3) is 5.91 Å². The summed E-state index contributed by atoms with van der Waals surface area (Å²) in [5.41, 5.74) is 0. The van der Waals surface area contributed by atoms with Crippen molar-refractivity contribution in [2.45, 2.75) is 18.9 Å². The first-order chi connectivity index (χ1) is 10.3. The molecule has 3 rings (SSSR count). The van der Waals surface area contributed by atoms with Crippen molar-refractivity contribution in [3.63, 3.8) is 0 Å². The molecular weight excluding hydrogens is 268 g/mol. The minimum atomic E-state index is -0.113. The molecule has 0 bridgehead atoms. The molecule has 0 radical (unpaired) electrons. The zero-order valence-electron chi connectivity index (χ0n) is 11.6. The highest BCUT2D eigenvalue weighted by molar-refractivity contribution is 5.90. The summed E-state index contributed by atoms with van der Waals surface area (Å²) < 4.78 is 5.88. The Morgan fingerprint density at radius 2 is 1.76 bits per heavy atom. The molecule has 3 heterocycles. The van der Waals surface area contributed by atoms with Gasteiger partial charge in [-0.2, -0.15) is 0 Å². The Kier molecular flexibility index (Phi) is 4.04. The van der Waals surface area contributed by atoms with E-state index in [0.717, 1.165) is 18.6 Å². The normalized spacial score (nSPS) is 15.7. The second-order valence-electron chi connectivity index (χ2n) is 4.86. The summed E-state index contributed by atoms with van der Waals surface area (Å²) in [6, 6.07) is 5.39. The van der Waals surface area contributed by atoms with E-state index in [4.69, 9.17) is 4.74 Å². The van der Waals surface area contributed by atoms with Gasteiger partial charge in [0.15, 0.2) is 0 Å². The predicted molar refractivity (Wildman–Crippen MR) is 75.8 cm³/mol. The van der Waals surface area contributed by atoms with Gasteiger partial charge >= 0.3 is 0 Å². The fourth-order valence-electron chi connectivity index (χ4n) is 2.34. The van der Waals surface area contributed by atoms with E-state index in [1.165, 1.54) is 0 Å². The fourth-order valence-corrected chi connectivity index (χ4v) is 2.34. The number of likely N-dealkylation sites (tertiary alicyclic amines) is 1. The Bertz CT molecular complexity index is 583. The highest BCUT2D eigenvalue weighted by Gasteiger charge is 2.25. The van der Waals surface area contributed by atoms with Gasteiger partial charge in [-0.1, -0.05) is 0 Å². The zero-order valence-corrected chi connectivity index (χ0v) is 11.6. The van der Waals surface area contributed by atoms with E-state index >= 15 is 0 Å². The first kappa shape index (κ1) is 13.5. The Morgan fingerprint density at radius 3 is 2.43 bits per heavy atom. The predicted octanol–water partition coefficient (Wildman–Crippen LogP) is 1.56. The fraction of sp³-hybridized carbons (Fsp3) is 0.333. The molecular formula is C15H16N4O2. The lowest BCUT2D eigenvalue weighted by Crippen LogP contribution is -2.42. The summed E-state index contributed by atoms with van der Waals surface area (Å²) in [6.45, 7) is 1.32. The molecule has 0 unspecified atom stereocenters. The third-order valence-corrected chi connectivity index (χ3v) is 3.44. The minimum absolute atomic E-state index is 0.113. The molecule has 6 nitrogen and oxygen atoms in total. The third-order valence-electron chi connectivity index (χ3n) is 3.44. The smallest absolute Gasteiger partial charge is 0.291 e. The summed E-state index contributed by atoms with van der Waals surface area (Å²) >= 11 is 0. The minimum Gasteiger partial charge on any atom is -0.490 e. The number of hydrogen-bond acceptors (Lipinski definition) is 5. The SMILES string of the molecule is O=C(c1ncccn1)N1CCC(Oc2ccncc2)CC1. The first-order valence-corrected chi connectivity index (χ1v) is 6.96. The lowest BCUT2D eigenvalue weighted by Gasteiger charge is -2.31. The van der Waals surface area contributed by atoms with Crippen LogP contribution in [-0.2, 0) is 0 Å². The molecule has 108 valence electrons. The number of ether oxygens (including phenoxy) is 1. The zero-order chi connectivity index (χ0) is 14.5. The van der Waals surface area contributed by atoms with E-state index in [1.807, 2.05) is 12.1 Å². The van der Waals surface area contributed by atoms with Gasteiger partial charge in [0, 0.05) is 50.7 Å². The van der Waals surface area contributed by atoms with Crippen LogP contribution >= 0.6 is 0 Å². The molecule has 6 heteroatoms. The number of amides is 1. The lowest BCUT2D eigenvalue weighted by atomic mass is 10.1. The van der Waals surface area contributed by atoms with Crippen LogP contribution in [0.4, 0.5) is 0 Å². The third kappa shape index (κ3) is 3.34.